The largest absolute Gasteiger partial charge is 0.456 e. The van der Waals surface area contributed by atoms with Gasteiger partial charge in [0, 0.05) is 33.5 Å². The number of allylic oxidation sites excluding steroid dienone is 4. The molecule has 1 fully saturated rings. The van der Waals surface area contributed by atoms with Crippen molar-refractivity contribution in [3.05, 3.63) is 174 Å². The monoisotopic (exact) mass is 697 g/mol. The van der Waals surface area contributed by atoms with E-state index >= 15 is 0 Å². The summed E-state index contributed by atoms with van der Waals surface area (Å²) < 4.78 is 6.52. The minimum atomic E-state index is 0.0340. The Bertz CT molecular complexity index is 2850. The Hall–Kier alpha value is -5.86. The van der Waals surface area contributed by atoms with E-state index in [4.69, 9.17) is 4.42 Å². The molecule has 1 atom stereocenters. The maximum absolute atomic E-state index is 6.52. The smallest absolute Gasteiger partial charge is 0.137 e. The van der Waals surface area contributed by atoms with Crippen molar-refractivity contribution in [3.8, 4) is 0 Å². The molecule has 8 aromatic rings. The number of furan rings is 1. The summed E-state index contributed by atoms with van der Waals surface area (Å²) in [6, 6.07) is 51.4. The molecule has 0 amide bonds. The Labute approximate surface area is 317 Å². The van der Waals surface area contributed by atoms with E-state index in [0.29, 0.717) is 11.8 Å². The third-order valence-corrected chi connectivity index (χ3v) is 13.1. The molecule has 0 N–H and O–H groups in total. The van der Waals surface area contributed by atoms with Crippen LogP contribution in [0.15, 0.2) is 156 Å². The van der Waals surface area contributed by atoms with Crippen LogP contribution in [-0.2, 0) is 5.41 Å². The van der Waals surface area contributed by atoms with E-state index in [2.05, 4.69) is 164 Å². The summed E-state index contributed by atoms with van der Waals surface area (Å²) in [6.07, 6.45) is 11.3. The van der Waals surface area contributed by atoms with Gasteiger partial charge >= 0.3 is 0 Å². The number of para-hydroxylation sites is 1. The van der Waals surface area contributed by atoms with Gasteiger partial charge in [0.15, 0.2) is 0 Å². The summed E-state index contributed by atoms with van der Waals surface area (Å²) in [5.41, 5.74) is 14.2. The molecular weight excluding hydrogens is 655 g/mol. The average molecular weight is 698 g/mol. The first-order chi connectivity index (χ1) is 26.5. The number of fused-ring (bicyclic) bond motifs is 8. The number of nitrogens with zero attached hydrogens (tertiary/aromatic N) is 1. The van der Waals surface area contributed by atoms with Gasteiger partial charge in [0.05, 0.1) is 11.4 Å². The molecule has 7 aromatic carbocycles. The van der Waals surface area contributed by atoms with Crippen LogP contribution in [0.4, 0.5) is 17.1 Å². The van der Waals surface area contributed by atoms with Gasteiger partial charge in [-0.3, -0.25) is 0 Å². The van der Waals surface area contributed by atoms with Crippen LogP contribution in [0.3, 0.4) is 0 Å². The Morgan fingerprint density at radius 2 is 1.30 bits per heavy atom. The van der Waals surface area contributed by atoms with Gasteiger partial charge in [-0.25, -0.2) is 0 Å². The van der Waals surface area contributed by atoms with Gasteiger partial charge in [-0.15, -0.1) is 0 Å². The highest BCUT2D eigenvalue weighted by atomic mass is 16.3. The lowest BCUT2D eigenvalue weighted by Gasteiger charge is -2.35. The fraction of sp³-hybridized carbons (Fsp3) is 0.192. The summed E-state index contributed by atoms with van der Waals surface area (Å²) in [5.74, 6) is 1.09. The van der Waals surface area contributed by atoms with Gasteiger partial charge in [-0.1, -0.05) is 142 Å². The van der Waals surface area contributed by atoms with Crippen molar-refractivity contribution in [2.75, 3.05) is 4.90 Å². The number of benzene rings is 7. The van der Waals surface area contributed by atoms with E-state index in [1.165, 1.54) is 75.2 Å². The molecule has 11 rings (SSSR count). The molecule has 1 heterocycles. The average Bonchev–Trinajstić information content (AvgIpc) is 3.94. The molecular formula is C52H43NO. The zero-order valence-corrected chi connectivity index (χ0v) is 31.0. The van der Waals surface area contributed by atoms with Crippen molar-refractivity contribution >= 4 is 71.7 Å². The van der Waals surface area contributed by atoms with Crippen molar-refractivity contribution in [2.45, 2.75) is 57.3 Å². The van der Waals surface area contributed by atoms with Crippen molar-refractivity contribution in [1.29, 1.82) is 0 Å². The van der Waals surface area contributed by atoms with Crippen molar-refractivity contribution in [1.82, 2.24) is 0 Å². The van der Waals surface area contributed by atoms with Crippen LogP contribution in [0.2, 0.25) is 0 Å². The maximum Gasteiger partial charge on any atom is 0.137 e. The number of anilines is 3. The van der Waals surface area contributed by atoms with E-state index in [-0.39, 0.29) is 5.41 Å². The molecule has 3 aliphatic rings. The zero-order valence-electron chi connectivity index (χ0n) is 31.0. The van der Waals surface area contributed by atoms with Crippen LogP contribution in [0.5, 0.6) is 0 Å². The molecule has 2 heteroatoms. The topological polar surface area (TPSA) is 16.4 Å². The summed E-state index contributed by atoms with van der Waals surface area (Å²) in [6.45, 7) is 5.04. The second-order valence-electron chi connectivity index (χ2n) is 16.3. The Kier molecular flexibility index (Phi) is 7.08. The molecule has 1 aromatic heterocycles. The third-order valence-electron chi connectivity index (χ3n) is 13.1. The first kappa shape index (κ1) is 31.6. The SMILES string of the molecule is CC1(C)c2c(cccc2C2CCCC2)C2=CC=C(c3c(N(c4ccc5c(c4)oc4ccccc45)c4cccc5ccccc45)ccc4ccccc34)CC21. The number of hydrogen-bond donors (Lipinski definition) is 0. The van der Waals surface area contributed by atoms with Crippen molar-refractivity contribution < 1.29 is 4.42 Å². The Morgan fingerprint density at radius 3 is 2.15 bits per heavy atom. The molecule has 0 radical (unpaired) electrons. The van der Waals surface area contributed by atoms with Crippen molar-refractivity contribution in [3.63, 3.8) is 0 Å². The zero-order chi connectivity index (χ0) is 36.0. The normalized spacial score (nSPS) is 17.9. The minimum absolute atomic E-state index is 0.0340. The van der Waals surface area contributed by atoms with Gasteiger partial charge in [0.1, 0.15) is 11.2 Å². The predicted molar refractivity (Wildman–Crippen MR) is 228 cm³/mol. The summed E-state index contributed by atoms with van der Waals surface area (Å²) in [7, 11) is 0. The summed E-state index contributed by atoms with van der Waals surface area (Å²) in [4.78, 5) is 2.49. The van der Waals surface area contributed by atoms with E-state index in [0.717, 1.165) is 39.7 Å². The summed E-state index contributed by atoms with van der Waals surface area (Å²) in [5, 5.41) is 7.27. The number of rotatable bonds is 5. The van der Waals surface area contributed by atoms with Gasteiger partial charge < -0.3 is 9.32 Å². The fourth-order valence-corrected chi connectivity index (χ4v) is 10.5. The van der Waals surface area contributed by atoms with E-state index in [1.807, 2.05) is 6.07 Å². The molecule has 0 spiro atoms. The molecule has 1 saturated carbocycles. The van der Waals surface area contributed by atoms with E-state index < -0.39 is 0 Å². The molecule has 1 unspecified atom stereocenters. The van der Waals surface area contributed by atoms with Crippen LogP contribution in [0, 0.1) is 5.92 Å². The number of hydrogen-bond acceptors (Lipinski definition) is 2. The van der Waals surface area contributed by atoms with Crippen LogP contribution in [0.25, 0.3) is 54.6 Å². The lowest BCUT2D eigenvalue weighted by Crippen LogP contribution is -2.26. The Morgan fingerprint density at radius 1 is 0.593 bits per heavy atom. The maximum atomic E-state index is 6.52. The van der Waals surface area contributed by atoms with Crippen molar-refractivity contribution in [2.24, 2.45) is 5.92 Å². The van der Waals surface area contributed by atoms with Crippen LogP contribution < -0.4 is 4.90 Å². The molecule has 2 nitrogen and oxygen atoms in total. The second kappa shape index (κ2) is 12.1. The lowest BCUT2D eigenvalue weighted by molar-refractivity contribution is 0.413. The van der Waals surface area contributed by atoms with Crippen LogP contribution in [-0.4, -0.2) is 0 Å². The predicted octanol–water partition coefficient (Wildman–Crippen LogP) is 14.8. The van der Waals surface area contributed by atoms with Crippen LogP contribution in [0.1, 0.15) is 74.1 Å². The standard InChI is InChI=1S/C52H43NO/c1-52(2)45-31-36(25-28-41(45)44-22-12-21-40(51(44)52)34-14-3-4-15-34)50-39-19-8-6-16-35(39)26-30-47(50)53(46-23-11-17-33-13-5-7-18-38(33)46)37-27-29-43-42-20-9-10-24-48(42)54-49(43)32-37/h5-13,16-30,32,34,45H,3-4,14-15,31H2,1-2H3. The minimum Gasteiger partial charge on any atom is -0.456 e. The molecule has 3 aliphatic carbocycles. The first-order valence-corrected chi connectivity index (χ1v) is 19.8. The molecule has 262 valence electrons. The van der Waals surface area contributed by atoms with Gasteiger partial charge in [-0.2, -0.15) is 0 Å². The van der Waals surface area contributed by atoms with Gasteiger partial charge in [0.2, 0.25) is 0 Å². The third kappa shape index (κ3) is 4.72. The highest BCUT2D eigenvalue weighted by Gasteiger charge is 2.46. The summed E-state index contributed by atoms with van der Waals surface area (Å²) >= 11 is 0. The lowest BCUT2D eigenvalue weighted by atomic mass is 9.70. The molecule has 54 heavy (non-hydrogen) atoms. The Balaban J connectivity index is 1.14. The molecule has 0 bridgehead atoms. The van der Waals surface area contributed by atoms with Gasteiger partial charge in [-0.05, 0) is 111 Å². The first-order valence-electron chi connectivity index (χ1n) is 19.8. The highest BCUT2D eigenvalue weighted by Crippen LogP contribution is 2.58. The van der Waals surface area contributed by atoms with E-state index in [1.54, 1.807) is 11.1 Å². The van der Waals surface area contributed by atoms with Gasteiger partial charge in [0.25, 0.3) is 0 Å². The van der Waals surface area contributed by atoms with E-state index in [9.17, 15) is 0 Å². The molecule has 0 aliphatic heterocycles. The highest BCUT2D eigenvalue weighted by molar-refractivity contribution is 6.09. The second-order valence-corrected chi connectivity index (χ2v) is 16.3. The molecule has 0 saturated heterocycles. The quantitative estimate of drug-likeness (QED) is 0.178. The fourth-order valence-electron chi connectivity index (χ4n) is 10.5. The van der Waals surface area contributed by atoms with Crippen LogP contribution >= 0.6 is 0 Å².